The van der Waals surface area contributed by atoms with E-state index in [-0.39, 0.29) is 86.7 Å². The lowest BCUT2D eigenvalue weighted by Crippen LogP contribution is -2.61. The molecule has 0 unspecified atom stereocenters. The number of amides is 4. The van der Waals surface area contributed by atoms with Gasteiger partial charge in [-0.2, -0.15) is 0 Å². The Morgan fingerprint density at radius 3 is 1.96 bits per heavy atom. The summed E-state index contributed by atoms with van der Waals surface area (Å²) >= 11 is 0. The van der Waals surface area contributed by atoms with Crippen LogP contribution in [0, 0.1) is 35.0 Å². The number of aliphatic carboxylic acids is 2. The second-order valence-corrected chi connectivity index (χ2v) is 24.1. The van der Waals surface area contributed by atoms with Gasteiger partial charge in [0, 0.05) is 67.2 Å². The Hall–Kier alpha value is -8.23. The fourth-order valence-electron chi connectivity index (χ4n) is 10.3. The summed E-state index contributed by atoms with van der Waals surface area (Å²) in [5, 5.41) is 28.0. The number of nitrogens with zero attached hydrogens (tertiary/aromatic N) is 2. The van der Waals surface area contributed by atoms with Crippen LogP contribution in [-0.2, 0) is 79.3 Å². The minimum Gasteiger partial charge on any atom is -0.481 e. The van der Waals surface area contributed by atoms with Crippen molar-refractivity contribution in [2.24, 2.45) is 23.2 Å². The highest BCUT2D eigenvalue weighted by molar-refractivity contribution is 5.98. The van der Waals surface area contributed by atoms with Crippen LogP contribution in [0.2, 0.25) is 0 Å². The molecule has 17 heteroatoms. The number of likely N-dealkylation sites (N-methyl/N-ethyl adjacent to an activating group) is 2. The Labute approximate surface area is 494 Å². The average molecular weight is 1150 g/mol. The van der Waals surface area contributed by atoms with Gasteiger partial charge in [-0.3, -0.25) is 38.4 Å². The molecule has 0 bridgehead atoms. The number of rotatable bonds is 28. The lowest BCUT2D eigenvalue weighted by atomic mass is 9.76. The molecule has 0 spiro atoms. The lowest BCUT2D eigenvalue weighted by molar-refractivity contribution is -0.144. The number of ether oxygens (including phenoxy) is 1. The van der Waals surface area contributed by atoms with Crippen molar-refractivity contribution >= 4 is 58.8 Å². The minimum absolute atomic E-state index is 0.0762. The monoisotopic (exact) mass is 1150 g/mol. The van der Waals surface area contributed by atoms with Gasteiger partial charge in [0.15, 0.2) is 5.78 Å². The number of anilines is 1. The SMILES string of the molecule is CN[C@@H](C(=O)N[C@H](C(=O)N(C)[C@H](/C=C(\C)C(=O)O)C(C)C)C(C)(C)C)C(C)(C)c1cccc(CC(=O)OCc2ccc(CC(=O)[C@H](CCC(=O)O)NC(=O)[C@@H](CC(=O)CCC(=O)N3Cc4ccccc4C#Cc4ccccc43)C(C)C)cc2)c1. The van der Waals surface area contributed by atoms with Crippen molar-refractivity contribution in [3.8, 4) is 11.8 Å². The zero-order valence-electron chi connectivity index (χ0n) is 50.6. The van der Waals surface area contributed by atoms with Gasteiger partial charge in [-0.25, -0.2) is 4.79 Å². The number of hydrogen-bond acceptors (Lipinski definition) is 11. The van der Waals surface area contributed by atoms with E-state index >= 15 is 0 Å². The standard InChI is InChI=1S/C67H83N5O12/c1-41(2)52(38-51(73)30-32-57(75)72-39-49-21-14-13-19-47(49)28-29-48-20-15-16-23-54(48)72)62(79)69-53(31-33-58(76)77)56(74)36-44-24-26-45(27-25-44)40-84-59(78)37-46-18-17-22-50(35-46)67(9,10)60(68-11)63(80)70-61(66(6,7)8)64(81)71(12)55(42(3)4)34-43(5)65(82)83/h13-27,34-35,41-42,52-53,55,60-61,68H,30-33,36-40H2,1-12H3,(H,69,79)(H,70,80)(H,76,77)(H,82,83)/b43-34+/t52-,53-,55+,60-,61+/m0/s1. The summed E-state index contributed by atoms with van der Waals surface area (Å²) in [6, 6.07) is 25.5. The molecule has 4 amide bonds. The number of ketones is 2. The third-order valence-corrected chi connectivity index (χ3v) is 15.5. The Bertz CT molecular complexity index is 3160. The quantitative estimate of drug-likeness (QED) is 0.0204. The maximum absolute atomic E-state index is 14.2. The number of Topliss-reactive ketones (excluding diaryl/α,β-unsaturated/α-hetero) is 2. The van der Waals surface area contributed by atoms with Crippen LogP contribution < -0.4 is 20.9 Å². The van der Waals surface area contributed by atoms with Gasteiger partial charge >= 0.3 is 17.9 Å². The molecule has 5 atom stereocenters. The molecule has 0 radical (unpaired) electrons. The van der Waals surface area contributed by atoms with Gasteiger partial charge in [0.1, 0.15) is 18.4 Å². The van der Waals surface area contributed by atoms with Gasteiger partial charge in [-0.15, -0.1) is 0 Å². The predicted octanol–water partition coefficient (Wildman–Crippen LogP) is 8.30. The zero-order valence-corrected chi connectivity index (χ0v) is 50.6. The maximum Gasteiger partial charge on any atom is 0.331 e. The number of carbonyl (C=O) groups excluding carboxylic acids is 7. The summed E-state index contributed by atoms with van der Waals surface area (Å²) in [5.74, 6) is -0.0617. The Kier molecular flexibility index (Phi) is 23.6. The number of carboxylic acids is 2. The molecule has 1 heterocycles. The molecule has 84 heavy (non-hydrogen) atoms. The molecular weight excluding hydrogens is 1070 g/mol. The Morgan fingerprint density at radius 2 is 1.35 bits per heavy atom. The molecule has 0 fully saturated rings. The molecule has 448 valence electrons. The van der Waals surface area contributed by atoms with E-state index < -0.39 is 82.8 Å². The Morgan fingerprint density at radius 1 is 0.714 bits per heavy atom. The van der Waals surface area contributed by atoms with Crippen LogP contribution in [0.4, 0.5) is 5.69 Å². The van der Waals surface area contributed by atoms with Crippen molar-refractivity contribution in [1.82, 2.24) is 20.9 Å². The van der Waals surface area contributed by atoms with Crippen molar-refractivity contribution in [2.45, 2.75) is 157 Å². The second kappa shape index (κ2) is 29.8. The van der Waals surface area contributed by atoms with Crippen LogP contribution in [0.5, 0.6) is 0 Å². The highest BCUT2D eigenvalue weighted by Crippen LogP contribution is 2.31. The topological polar surface area (TPSA) is 246 Å². The van der Waals surface area contributed by atoms with E-state index in [1.165, 1.54) is 11.8 Å². The summed E-state index contributed by atoms with van der Waals surface area (Å²) in [5.41, 5.74) is 4.12. The molecule has 0 saturated carbocycles. The smallest absolute Gasteiger partial charge is 0.331 e. The number of fused-ring (bicyclic) bond motifs is 2. The van der Waals surface area contributed by atoms with Gasteiger partial charge in [0.05, 0.1) is 36.8 Å². The minimum atomic E-state index is -1.16. The van der Waals surface area contributed by atoms with Crippen molar-refractivity contribution in [2.75, 3.05) is 19.0 Å². The van der Waals surface area contributed by atoms with E-state index in [2.05, 4.69) is 27.8 Å². The third kappa shape index (κ3) is 18.4. The molecule has 1 aliphatic rings. The first-order chi connectivity index (χ1) is 39.5. The third-order valence-electron chi connectivity index (χ3n) is 15.5. The second-order valence-electron chi connectivity index (χ2n) is 24.1. The van der Waals surface area contributed by atoms with Gasteiger partial charge in [0.25, 0.3) is 0 Å². The summed E-state index contributed by atoms with van der Waals surface area (Å²) < 4.78 is 5.66. The van der Waals surface area contributed by atoms with E-state index in [1.54, 1.807) is 75.3 Å². The number of benzene rings is 4. The van der Waals surface area contributed by atoms with E-state index in [1.807, 2.05) is 109 Å². The van der Waals surface area contributed by atoms with Crippen LogP contribution in [-0.4, -0.2) is 106 Å². The van der Waals surface area contributed by atoms with Crippen molar-refractivity contribution in [3.05, 3.63) is 148 Å². The van der Waals surface area contributed by atoms with Crippen molar-refractivity contribution < 1.29 is 58.1 Å². The molecule has 1 aliphatic heterocycles. The predicted molar refractivity (Wildman–Crippen MR) is 321 cm³/mol. The summed E-state index contributed by atoms with van der Waals surface area (Å²) in [6.07, 6.45) is 0.362. The van der Waals surface area contributed by atoms with Gasteiger partial charge in [0.2, 0.25) is 23.6 Å². The summed E-state index contributed by atoms with van der Waals surface area (Å²) in [4.78, 5) is 123. The van der Waals surface area contributed by atoms with Crippen LogP contribution in [0.3, 0.4) is 0 Å². The van der Waals surface area contributed by atoms with Crippen molar-refractivity contribution in [1.29, 1.82) is 0 Å². The van der Waals surface area contributed by atoms with Crippen molar-refractivity contribution in [3.63, 3.8) is 0 Å². The molecular formula is C67H83N5O12. The van der Waals surface area contributed by atoms with E-state index in [0.717, 1.165) is 16.7 Å². The highest BCUT2D eigenvalue weighted by atomic mass is 16.5. The number of para-hydroxylation sites is 1. The van der Waals surface area contributed by atoms with Crippen LogP contribution >= 0.6 is 0 Å². The average Bonchev–Trinajstić information content (AvgIpc) is 2.04. The summed E-state index contributed by atoms with van der Waals surface area (Å²) in [7, 11) is 3.26. The number of hydrogen-bond donors (Lipinski definition) is 5. The molecule has 4 aromatic rings. The molecule has 5 N–H and O–H groups in total. The zero-order chi connectivity index (χ0) is 62.2. The van der Waals surface area contributed by atoms with E-state index in [9.17, 15) is 53.4 Å². The molecule has 5 rings (SSSR count). The lowest BCUT2D eigenvalue weighted by Gasteiger charge is -2.40. The molecule has 0 saturated heterocycles. The summed E-state index contributed by atoms with van der Waals surface area (Å²) in [6.45, 7) is 18.3. The number of nitrogens with one attached hydrogen (secondary N) is 3. The van der Waals surface area contributed by atoms with Gasteiger partial charge in [-0.05, 0) is 83.7 Å². The number of carbonyl (C=O) groups is 9. The largest absolute Gasteiger partial charge is 0.481 e. The first kappa shape index (κ1) is 66.6. The fourth-order valence-corrected chi connectivity index (χ4v) is 10.3. The molecule has 0 aromatic heterocycles. The number of carboxylic acid groups (broad SMARTS) is 2. The first-order valence-corrected chi connectivity index (χ1v) is 28.6. The van der Waals surface area contributed by atoms with Gasteiger partial charge in [-0.1, -0.05) is 159 Å². The molecule has 4 aromatic carbocycles. The molecule has 17 nitrogen and oxygen atoms in total. The highest BCUT2D eigenvalue weighted by Gasteiger charge is 2.42. The maximum atomic E-state index is 14.2. The van der Waals surface area contributed by atoms with Crippen LogP contribution in [0.25, 0.3) is 0 Å². The number of esters is 1. The molecule has 0 aliphatic carbocycles. The Balaban J connectivity index is 1.16. The van der Waals surface area contributed by atoms with Gasteiger partial charge < -0.3 is 40.7 Å². The first-order valence-electron chi connectivity index (χ1n) is 28.6. The van der Waals surface area contributed by atoms with Crippen LogP contribution in [0.1, 0.15) is 140 Å². The van der Waals surface area contributed by atoms with E-state index in [4.69, 9.17) is 4.74 Å². The normalized spacial score (nSPS) is 14.2. The fraction of sp³-hybridized carbons (Fsp3) is 0.448. The van der Waals surface area contributed by atoms with Crippen LogP contribution in [0.15, 0.2) is 109 Å². The van der Waals surface area contributed by atoms with E-state index in [0.29, 0.717) is 27.9 Å².